The number of amides is 1. The lowest BCUT2D eigenvalue weighted by Gasteiger charge is -2.25. The monoisotopic (exact) mass is 242 g/mol. The minimum Gasteiger partial charge on any atom is -0.468 e. The number of nitrogens with zero attached hydrogens (tertiary/aromatic N) is 1. The van der Waals surface area contributed by atoms with Gasteiger partial charge >= 0.3 is 5.97 Å². The van der Waals surface area contributed by atoms with Crippen molar-refractivity contribution in [2.45, 2.75) is 45.2 Å². The van der Waals surface area contributed by atoms with E-state index in [1.165, 1.54) is 20.0 Å². The van der Waals surface area contributed by atoms with Gasteiger partial charge in [-0.3, -0.25) is 9.59 Å². The molecule has 0 aromatic heterocycles. The van der Waals surface area contributed by atoms with Gasteiger partial charge in [0.2, 0.25) is 5.91 Å². The van der Waals surface area contributed by atoms with Crippen molar-refractivity contribution < 1.29 is 14.3 Å². The van der Waals surface area contributed by atoms with Crippen LogP contribution in [0.5, 0.6) is 0 Å². The van der Waals surface area contributed by atoms with E-state index < -0.39 is 0 Å². The zero-order chi connectivity index (χ0) is 12.8. The molecule has 1 amide bonds. The van der Waals surface area contributed by atoms with Crippen molar-refractivity contribution in [1.82, 2.24) is 10.2 Å². The average molecular weight is 242 g/mol. The van der Waals surface area contributed by atoms with Gasteiger partial charge in [0.25, 0.3) is 0 Å². The standard InChI is InChI=1S/C12H22N2O3/c1-9(2)14(8-12(16)17-3)11(15)6-7-13-10-4-5-10/h9-10,13H,4-8H2,1-3H3. The lowest BCUT2D eigenvalue weighted by atomic mass is 10.2. The van der Waals surface area contributed by atoms with Crippen LogP contribution in [0.1, 0.15) is 33.1 Å². The number of methoxy groups -OCH3 is 1. The number of hydrogen-bond donors (Lipinski definition) is 1. The second-order valence-electron chi connectivity index (χ2n) is 4.67. The minimum absolute atomic E-state index is 0.00134. The van der Waals surface area contributed by atoms with E-state index in [-0.39, 0.29) is 24.5 Å². The van der Waals surface area contributed by atoms with Crippen molar-refractivity contribution >= 4 is 11.9 Å². The van der Waals surface area contributed by atoms with Gasteiger partial charge in [0.15, 0.2) is 0 Å². The van der Waals surface area contributed by atoms with Gasteiger partial charge in [-0.05, 0) is 26.7 Å². The first-order valence-electron chi connectivity index (χ1n) is 6.14. The summed E-state index contributed by atoms with van der Waals surface area (Å²) < 4.78 is 4.59. The molecule has 1 saturated carbocycles. The highest BCUT2D eigenvalue weighted by Crippen LogP contribution is 2.18. The highest BCUT2D eigenvalue weighted by molar-refractivity contribution is 5.82. The Morgan fingerprint density at radius 2 is 2.06 bits per heavy atom. The van der Waals surface area contributed by atoms with Gasteiger partial charge in [0.05, 0.1) is 7.11 Å². The Balaban J connectivity index is 2.33. The molecule has 0 bridgehead atoms. The topological polar surface area (TPSA) is 58.6 Å². The first-order chi connectivity index (χ1) is 8.04. The molecular formula is C12H22N2O3. The van der Waals surface area contributed by atoms with Crippen LogP contribution in [-0.2, 0) is 14.3 Å². The van der Waals surface area contributed by atoms with E-state index in [4.69, 9.17) is 0 Å². The van der Waals surface area contributed by atoms with Crippen molar-refractivity contribution in [2.24, 2.45) is 0 Å². The summed E-state index contributed by atoms with van der Waals surface area (Å²) in [7, 11) is 1.33. The summed E-state index contributed by atoms with van der Waals surface area (Å²) in [5, 5.41) is 3.28. The Morgan fingerprint density at radius 3 is 2.53 bits per heavy atom. The van der Waals surface area contributed by atoms with Gasteiger partial charge in [0.1, 0.15) is 6.54 Å². The van der Waals surface area contributed by atoms with Gasteiger partial charge in [-0.25, -0.2) is 0 Å². The maximum atomic E-state index is 11.9. The van der Waals surface area contributed by atoms with Crippen molar-refractivity contribution in [2.75, 3.05) is 20.2 Å². The van der Waals surface area contributed by atoms with Gasteiger partial charge in [-0.2, -0.15) is 0 Å². The summed E-state index contributed by atoms with van der Waals surface area (Å²) in [6.07, 6.45) is 2.86. The number of carbonyl (C=O) groups excluding carboxylic acids is 2. The number of esters is 1. The van der Waals surface area contributed by atoms with Crippen LogP contribution in [0.3, 0.4) is 0 Å². The highest BCUT2D eigenvalue weighted by atomic mass is 16.5. The molecule has 0 aliphatic heterocycles. The van der Waals surface area contributed by atoms with E-state index in [2.05, 4.69) is 10.1 Å². The van der Waals surface area contributed by atoms with E-state index >= 15 is 0 Å². The molecule has 17 heavy (non-hydrogen) atoms. The zero-order valence-electron chi connectivity index (χ0n) is 10.9. The lowest BCUT2D eigenvalue weighted by Crippen LogP contribution is -2.42. The van der Waals surface area contributed by atoms with E-state index in [0.717, 1.165) is 0 Å². The molecule has 0 unspecified atom stereocenters. The quantitative estimate of drug-likeness (QED) is 0.662. The molecule has 1 N–H and O–H groups in total. The molecule has 0 aromatic carbocycles. The summed E-state index contributed by atoms with van der Waals surface area (Å²) in [6.45, 7) is 4.52. The molecule has 1 rings (SSSR count). The van der Waals surface area contributed by atoms with Gasteiger partial charge in [-0.15, -0.1) is 0 Å². The molecule has 0 radical (unpaired) electrons. The molecule has 0 saturated heterocycles. The van der Waals surface area contributed by atoms with Gasteiger partial charge in [-0.1, -0.05) is 0 Å². The average Bonchev–Trinajstić information content (AvgIpc) is 3.08. The second-order valence-corrected chi connectivity index (χ2v) is 4.67. The minimum atomic E-state index is -0.373. The van der Waals surface area contributed by atoms with Gasteiger partial charge < -0.3 is 15.0 Å². The summed E-state index contributed by atoms with van der Waals surface area (Å²) in [6, 6.07) is 0.624. The third-order valence-electron chi connectivity index (χ3n) is 2.82. The molecule has 1 fully saturated rings. The predicted octanol–water partition coefficient (Wildman–Crippen LogP) is 0.539. The van der Waals surface area contributed by atoms with Crippen molar-refractivity contribution in [3.8, 4) is 0 Å². The Hall–Kier alpha value is -1.10. The fourth-order valence-corrected chi connectivity index (χ4v) is 1.58. The number of ether oxygens (including phenoxy) is 1. The molecule has 0 heterocycles. The molecule has 0 atom stereocenters. The normalized spacial score (nSPS) is 14.8. The molecule has 98 valence electrons. The summed E-state index contributed by atoms with van der Waals surface area (Å²) in [5.41, 5.74) is 0. The molecule has 1 aliphatic rings. The third kappa shape index (κ3) is 5.17. The first-order valence-corrected chi connectivity index (χ1v) is 6.14. The van der Waals surface area contributed by atoms with E-state index in [9.17, 15) is 9.59 Å². The zero-order valence-corrected chi connectivity index (χ0v) is 10.9. The molecule has 0 aromatic rings. The van der Waals surface area contributed by atoms with Crippen LogP contribution < -0.4 is 5.32 Å². The van der Waals surface area contributed by atoms with Crippen LogP contribution in [-0.4, -0.2) is 49.1 Å². The van der Waals surface area contributed by atoms with Crippen LogP contribution in [0, 0.1) is 0 Å². The van der Waals surface area contributed by atoms with E-state index in [1.807, 2.05) is 13.8 Å². The summed E-state index contributed by atoms with van der Waals surface area (Å²) in [5.74, 6) is -0.374. The summed E-state index contributed by atoms with van der Waals surface area (Å²) >= 11 is 0. The Kier molecular flexibility index (Phi) is 5.41. The number of carbonyl (C=O) groups is 2. The number of rotatable bonds is 7. The second kappa shape index (κ2) is 6.59. The number of nitrogens with one attached hydrogen (secondary N) is 1. The van der Waals surface area contributed by atoms with Gasteiger partial charge in [0, 0.05) is 25.0 Å². The van der Waals surface area contributed by atoms with Crippen LogP contribution >= 0.6 is 0 Å². The third-order valence-corrected chi connectivity index (χ3v) is 2.82. The Labute approximate surface area is 102 Å². The Morgan fingerprint density at radius 1 is 1.41 bits per heavy atom. The molecule has 1 aliphatic carbocycles. The Bertz CT molecular complexity index is 275. The van der Waals surface area contributed by atoms with Crippen molar-refractivity contribution in [1.29, 1.82) is 0 Å². The fourth-order valence-electron chi connectivity index (χ4n) is 1.58. The maximum absolute atomic E-state index is 11.9. The predicted molar refractivity (Wildman–Crippen MR) is 64.5 cm³/mol. The molecule has 5 nitrogen and oxygen atoms in total. The molecule has 5 heteroatoms. The van der Waals surface area contributed by atoms with E-state index in [0.29, 0.717) is 19.0 Å². The molecule has 0 spiro atoms. The van der Waals surface area contributed by atoms with Crippen LogP contribution in [0.15, 0.2) is 0 Å². The first kappa shape index (κ1) is 14.0. The largest absolute Gasteiger partial charge is 0.468 e. The lowest BCUT2D eigenvalue weighted by molar-refractivity contribution is -0.148. The smallest absolute Gasteiger partial charge is 0.325 e. The highest BCUT2D eigenvalue weighted by Gasteiger charge is 2.23. The van der Waals surface area contributed by atoms with Crippen LogP contribution in [0.4, 0.5) is 0 Å². The number of hydrogen-bond acceptors (Lipinski definition) is 4. The fraction of sp³-hybridized carbons (Fsp3) is 0.833. The van der Waals surface area contributed by atoms with Crippen molar-refractivity contribution in [3.05, 3.63) is 0 Å². The molecular weight excluding hydrogens is 220 g/mol. The maximum Gasteiger partial charge on any atom is 0.325 e. The van der Waals surface area contributed by atoms with Crippen molar-refractivity contribution in [3.63, 3.8) is 0 Å². The SMILES string of the molecule is COC(=O)CN(C(=O)CCNC1CC1)C(C)C. The van der Waals surface area contributed by atoms with E-state index in [1.54, 1.807) is 4.90 Å². The van der Waals surface area contributed by atoms with Crippen LogP contribution in [0.25, 0.3) is 0 Å². The van der Waals surface area contributed by atoms with Crippen LogP contribution in [0.2, 0.25) is 0 Å². The summed E-state index contributed by atoms with van der Waals surface area (Å²) in [4.78, 5) is 24.7.